The van der Waals surface area contributed by atoms with Crippen molar-refractivity contribution in [2.75, 3.05) is 55.3 Å². The molecule has 0 bridgehead atoms. The van der Waals surface area contributed by atoms with Gasteiger partial charge in [-0.3, -0.25) is 23.8 Å². The van der Waals surface area contributed by atoms with E-state index in [0.29, 0.717) is 49.8 Å². The van der Waals surface area contributed by atoms with Crippen LogP contribution < -0.4 is 123 Å². The minimum absolute atomic E-state index is 0. The van der Waals surface area contributed by atoms with Crippen LogP contribution in [0.25, 0.3) is 9.69 Å². The van der Waals surface area contributed by atoms with Crippen LogP contribution in [-0.4, -0.2) is 75.3 Å². The number of rotatable bonds is 10. The SMILES string of the molecule is CC#N.N#Cc1ccc(N2CCNC[C@H]2c2ccc(Cl)cc2)c(Cl)c1.O=CO[O-].[C-]#[N+]c1ccc(CN2CCN(c3ccc(C#N)cc3Cl)[C@H](c3ccc(Cl)cc3)C2)nc1.[C-]#[N+]c1ccc(COS(C)(=O)=O)nc1.[H-].[K+].[K+]. The molecule has 0 spiro atoms. The van der Waals surface area contributed by atoms with Crippen LogP contribution in [0.4, 0.5) is 22.7 Å². The van der Waals surface area contributed by atoms with E-state index in [0.717, 1.165) is 73.2 Å². The molecule has 2 atom stereocenters. The van der Waals surface area contributed by atoms with E-state index in [1.54, 1.807) is 48.7 Å². The summed E-state index contributed by atoms with van der Waals surface area (Å²) in [6, 6.07) is 39.8. The molecule has 1 N–H and O–H groups in total. The third-order valence-electron chi connectivity index (χ3n) is 10.7. The molecule has 17 nitrogen and oxygen atoms in total. The van der Waals surface area contributed by atoms with E-state index < -0.39 is 10.1 Å². The number of hydrogen-bond donors (Lipinski definition) is 1. The van der Waals surface area contributed by atoms with Crippen LogP contribution in [-0.2, 0) is 37.1 Å². The number of aromatic nitrogens is 2. The molecular weight excluding hydrogens is 1130 g/mol. The molecule has 2 fully saturated rings. The Bertz CT molecular complexity index is 3130. The molecule has 2 aliphatic rings. The minimum atomic E-state index is -3.44. The third-order valence-corrected chi connectivity index (χ3v) is 12.4. The molecule has 2 aliphatic heterocycles. The van der Waals surface area contributed by atoms with Gasteiger partial charge in [0, 0.05) is 75.2 Å². The van der Waals surface area contributed by atoms with E-state index in [2.05, 4.69) is 60.9 Å². The van der Waals surface area contributed by atoms with Gasteiger partial charge in [0.25, 0.3) is 16.6 Å². The zero-order valence-corrected chi connectivity index (χ0v) is 51.9. The maximum Gasteiger partial charge on any atom is 1.00 e. The maximum absolute atomic E-state index is 10.6. The van der Waals surface area contributed by atoms with Crippen LogP contribution >= 0.6 is 46.4 Å². The van der Waals surface area contributed by atoms with Crippen LogP contribution in [0.5, 0.6) is 0 Å². The van der Waals surface area contributed by atoms with Gasteiger partial charge in [-0.1, -0.05) is 82.8 Å². The molecule has 8 rings (SSSR count). The average Bonchev–Trinajstić information content (AvgIpc) is 3.41. The predicted octanol–water partition coefficient (Wildman–Crippen LogP) is 4.08. The first kappa shape index (κ1) is 68.0. The quantitative estimate of drug-likeness (QED) is 0.0510. The molecule has 6 aromatic rings. The molecule has 24 heteroatoms. The average molecular weight is 1170 g/mol. The van der Waals surface area contributed by atoms with E-state index in [9.17, 15) is 8.42 Å². The Labute approximate surface area is 549 Å². The Balaban J connectivity index is 0.000000564. The first-order valence-corrected chi connectivity index (χ1v) is 25.3. The fraction of sp³-hybridized carbons (Fsp3) is 0.231. The molecule has 382 valence electrons. The summed E-state index contributed by atoms with van der Waals surface area (Å²) in [6.45, 7) is 20.6. The zero-order chi connectivity index (χ0) is 54.0. The van der Waals surface area contributed by atoms with Gasteiger partial charge >= 0.3 is 103 Å². The standard InChI is InChI=1S/C24H19Cl2N5.C17H15Cl2N3.C8H8N2O3S.C2H3N.CH2O3.2K.H/c1-28-20-7-8-21(29-14-20)15-30-10-11-31(23-9-2-17(13-27)12-22(23)26)24(16-30)18-3-5-19(25)6-4-18;18-14-4-2-13(3-5-14)17-11-21-7-8-22(17)16-6-1-12(10-20)9-15(16)19;1-9-7-3-4-8(10-5-7)6-13-14(2,11)12;1-2-3;2-1-4-3;;;/h2-9,12,14,24H,10-11,15-16H2;1-6,9,17,21H,7-8,11H2;3-5H,6H2,2H3;1H3;1,3H;;;/q;;;;;2*+1;-1/p-1/t24-;17-;;;;;;/m00....../s1. The smallest absolute Gasteiger partial charge is 1.00 e. The second-order valence-corrected chi connectivity index (χ2v) is 19.0. The Morgan fingerprint density at radius 3 is 1.62 bits per heavy atom. The fourth-order valence-electron chi connectivity index (χ4n) is 7.38. The number of benzene rings is 4. The summed E-state index contributed by atoms with van der Waals surface area (Å²) in [7, 11) is -3.44. The molecule has 2 aromatic heterocycles. The maximum atomic E-state index is 10.6. The van der Waals surface area contributed by atoms with Crippen molar-refractivity contribution in [2.45, 2.75) is 32.2 Å². The number of hydrogen-bond acceptors (Lipinski definition) is 15. The molecule has 0 radical (unpaired) electrons. The second-order valence-electron chi connectivity index (χ2n) is 15.6. The zero-order valence-electron chi connectivity index (χ0n) is 42.8. The van der Waals surface area contributed by atoms with Gasteiger partial charge in [-0.05, 0) is 83.9 Å². The van der Waals surface area contributed by atoms with Crippen molar-refractivity contribution >= 4 is 85.7 Å². The number of nitrogens with one attached hydrogen (secondary N) is 1. The van der Waals surface area contributed by atoms with Gasteiger partial charge in [0.1, 0.15) is 6.61 Å². The molecule has 0 saturated carbocycles. The van der Waals surface area contributed by atoms with Crippen molar-refractivity contribution in [3.8, 4) is 18.2 Å². The second kappa shape index (κ2) is 36.2. The minimum Gasteiger partial charge on any atom is -1.00 e. The van der Waals surface area contributed by atoms with Crippen LogP contribution in [0.1, 0.15) is 54.1 Å². The van der Waals surface area contributed by atoms with Crippen LogP contribution in [0.15, 0.2) is 122 Å². The van der Waals surface area contributed by atoms with Gasteiger partial charge in [-0.25, -0.2) is 9.69 Å². The van der Waals surface area contributed by atoms with Gasteiger partial charge in [-0.15, -0.1) is 0 Å². The number of nitrogens with zero attached hydrogens (tertiary/aromatic N) is 10. The van der Waals surface area contributed by atoms with E-state index in [1.807, 2.05) is 72.8 Å². The Morgan fingerprint density at radius 2 is 1.21 bits per heavy atom. The topological polar surface area (TPSA) is 220 Å². The van der Waals surface area contributed by atoms with Gasteiger partial charge in [-0.2, -0.15) is 24.2 Å². The molecule has 2 saturated heterocycles. The van der Waals surface area contributed by atoms with Crippen LogP contribution in [0.2, 0.25) is 20.1 Å². The van der Waals surface area contributed by atoms with Crippen molar-refractivity contribution in [1.82, 2.24) is 20.2 Å². The molecule has 0 amide bonds. The summed E-state index contributed by atoms with van der Waals surface area (Å²) in [4.78, 5) is 33.0. The summed E-state index contributed by atoms with van der Waals surface area (Å²) in [6.07, 6.45) is 3.96. The Kier molecular flexibility index (Phi) is 32.4. The summed E-state index contributed by atoms with van der Waals surface area (Å²) in [5.74, 6) is 0. The molecular formula is C52H47Cl4K2N11O6S. The van der Waals surface area contributed by atoms with Crippen molar-refractivity contribution < 1.29 is 132 Å². The number of nitriles is 3. The third kappa shape index (κ3) is 22.7. The molecule has 4 aromatic carbocycles. The number of anilines is 2. The summed E-state index contributed by atoms with van der Waals surface area (Å²) < 4.78 is 25.8. The van der Waals surface area contributed by atoms with Gasteiger partial charge in [0.05, 0.1) is 93.6 Å². The Morgan fingerprint density at radius 1 is 0.750 bits per heavy atom. The van der Waals surface area contributed by atoms with Crippen LogP contribution in [0.3, 0.4) is 0 Å². The Hall–Kier alpha value is -4.08. The normalized spacial score (nSPS) is 14.3. The van der Waals surface area contributed by atoms with E-state index in [-0.39, 0.29) is 129 Å². The molecule has 0 aliphatic carbocycles. The number of pyridine rings is 2. The van der Waals surface area contributed by atoms with Gasteiger partial charge in [0.15, 0.2) is 0 Å². The van der Waals surface area contributed by atoms with Crippen molar-refractivity contribution in [3.05, 3.63) is 198 Å². The summed E-state index contributed by atoms with van der Waals surface area (Å²) in [5.41, 5.74) is 7.70. The fourth-order valence-corrected chi connectivity index (χ4v) is 8.54. The summed E-state index contributed by atoms with van der Waals surface area (Å²) >= 11 is 25.0. The van der Waals surface area contributed by atoms with Crippen molar-refractivity contribution in [2.24, 2.45) is 0 Å². The largest absolute Gasteiger partial charge is 1.00 e. The van der Waals surface area contributed by atoms with E-state index >= 15 is 0 Å². The number of carbonyl (C=O) groups is 1. The van der Waals surface area contributed by atoms with Gasteiger partial charge < -0.3 is 26.7 Å². The van der Waals surface area contributed by atoms with E-state index in [4.69, 9.17) is 85.4 Å². The number of halogens is 4. The summed E-state index contributed by atoms with van der Waals surface area (Å²) in [5, 5.41) is 39.9. The number of carbonyl (C=O) groups excluding carboxylic acids is 1. The first-order valence-electron chi connectivity index (χ1n) is 22.0. The van der Waals surface area contributed by atoms with Crippen molar-refractivity contribution in [3.63, 3.8) is 0 Å². The first-order chi connectivity index (χ1) is 35.6. The number of piperazine rings is 2. The molecule has 76 heavy (non-hydrogen) atoms. The monoisotopic (exact) mass is 1170 g/mol. The van der Waals surface area contributed by atoms with Gasteiger partial charge in [0.2, 0.25) is 11.4 Å². The molecule has 4 heterocycles. The van der Waals surface area contributed by atoms with Crippen molar-refractivity contribution in [1.29, 1.82) is 15.8 Å². The van der Waals surface area contributed by atoms with E-state index in [1.165, 1.54) is 18.7 Å². The predicted molar refractivity (Wildman–Crippen MR) is 284 cm³/mol. The van der Waals surface area contributed by atoms with Crippen LogP contribution in [0, 0.1) is 47.1 Å². The molecule has 0 unspecified atom stereocenters.